The van der Waals surface area contributed by atoms with E-state index in [2.05, 4.69) is 10.2 Å². The maximum atomic E-state index is 13.8. The normalized spacial score (nSPS) is 16.5. The topological polar surface area (TPSA) is 39.1 Å². The number of rotatable bonds is 4. The zero-order chi connectivity index (χ0) is 13.7. The summed E-state index contributed by atoms with van der Waals surface area (Å²) in [5.74, 6) is 0.420. The number of nitrogens with one attached hydrogen (secondary N) is 1. The Morgan fingerprint density at radius 2 is 2.16 bits per heavy atom. The predicted octanol–water partition coefficient (Wildman–Crippen LogP) is 2.13. The van der Waals surface area contributed by atoms with Gasteiger partial charge in [-0.2, -0.15) is 5.26 Å². The summed E-state index contributed by atoms with van der Waals surface area (Å²) < 4.78 is 13.8. The molecule has 0 atom stereocenters. The molecule has 1 saturated heterocycles. The highest BCUT2D eigenvalue weighted by molar-refractivity contribution is 5.32. The van der Waals surface area contributed by atoms with Gasteiger partial charge in [0.05, 0.1) is 11.6 Å². The first-order valence-electron chi connectivity index (χ1n) is 6.77. The molecule has 102 valence electrons. The van der Waals surface area contributed by atoms with Crippen LogP contribution in [0.4, 0.5) is 4.39 Å². The lowest BCUT2D eigenvalue weighted by Crippen LogP contribution is -2.34. The van der Waals surface area contributed by atoms with Crippen molar-refractivity contribution in [2.24, 2.45) is 5.92 Å². The smallest absolute Gasteiger partial charge is 0.129 e. The zero-order valence-corrected chi connectivity index (χ0v) is 11.3. The molecule has 1 aromatic rings. The molecule has 1 heterocycles. The quantitative estimate of drug-likeness (QED) is 0.902. The fraction of sp³-hybridized carbons (Fsp3) is 0.533. The lowest BCUT2D eigenvalue weighted by molar-refractivity contribution is 0.232. The van der Waals surface area contributed by atoms with Crippen LogP contribution in [-0.4, -0.2) is 31.6 Å². The number of halogens is 1. The number of nitriles is 1. The minimum absolute atomic E-state index is 0.281. The van der Waals surface area contributed by atoms with E-state index in [1.165, 1.54) is 18.9 Å². The molecule has 0 saturated carbocycles. The van der Waals surface area contributed by atoms with Gasteiger partial charge in [0.2, 0.25) is 0 Å². The van der Waals surface area contributed by atoms with Crippen LogP contribution < -0.4 is 5.32 Å². The summed E-state index contributed by atoms with van der Waals surface area (Å²) in [4.78, 5) is 2.17. The third kappa shape index (κ3) is 4.02. The first kappa shape index (κ1) is 14.0. The van der Waals surface area contributed by atoms with Gasteiger partial charge in [-0.05, 0) is 51.0 Å². The van der Waals surface area contributed by atoms with Gasteiger partial charge in [-0.3, -0.25) is 0 Å². The average molecular weight is 261 g/mol. The highest BCUT2D eigenvalue weighted by atomic mass is 19.1. The molecule has 3 nitrogen and oxygen atoms in total. The Balaban J connectivity index is 1.91. The largest absolute Gasteiger partial charge is 0.317 e. The van der Waals surface area contributed by atoms with Crippen LogP contribution >= 0.6 is 0 Å². The van der Waals surface area contributed by atoms with Gasteiger partial charge in [-0.15, -0.1) is 0 Å². The van der Waals surface area contributed by atoms with Crippen LogP contribution in [-0.2, 0) is 6.54 Å². The fourth-order valence-electron chi connectivity index (χ4n) is 2.61. The van der Waals surface area contributed by atoms with E-state index >= 15 is 0 Å². The van der Waals surface area contributed by atoms with Crippen LogP contribution in [0, 0.1) is 23.1 Å². The molecule has 0 spiro atoms. The first-order valence-corrected chi connectivity index (χ1v) is 6.77. The Hall–Kier alpha value is -1.44. The van der Waals surface area contributed by atoms with Crippen molar-refractivity contribution in [2.45, 2.75) is 19.4 Å². The number of hydrogen-bond donors (Lipinski definition) is 1. The Kier molecular flexibility index (Phi) is 4.89. The second-order valence-electron chi connectivity index (χ2n) is 5.31. The Bertz CT molecular complexity index is 461. The highest BCUT2D eigenvalue weighted by Crippen LogP contribution is 2.16. The number of piperidine rings is 1. The van der Waals surface area contributed by atoms with Crippen molar-refractivity contribution in [3.05, 3.63) is 35.1 Å². The van der Waals surface area contributed by atoms with E-state index in [-0.39, 0.29) is 5.82 Å². The van der Waals surface area contributed by atoms with Gasteiger partial charge in [-0.1, -0.05) is 6.07 Å². The molecule has 0 bridgehead atoms. The maximum Gasteiger partial charge on any atom is 0.129 e. The second kappa shape index (κ2) is 6.65. The molecule has 4 heteroatoms. The van der Waals surface area contributed by atoms with E-state index in [1.807, 2.05) is 13.1 Å². The fourth-order valence-corrected chi connectivity index (χ4v) is 2.61. The summed E-state index contributed by atoms with van der Waals surface area (Å²) >= 11 is 0. The lowest BCUT2D eigenvalue weighted by atomic mass is 9.97. The van der Waals surface area contributed by atoms with E-state index in [0.29, 0.717) is 23.6 Å². The van der Waals surface area contributed by atoms with Gasteiger partial charge < -0.3 is 10.2 Å². The first-order chi connectivity index (χ1) is 9.19. The van der Waals surface area contributed by atoms with Crippen molar-refractivity contribution in [3.8, 4) is 6.07 Å². The molecule has 1 aliphatic heterocycles. The Morgan fingerprint density at radius 3 is 2.79 bits per heavy atom. The predicted molar refractivity (Wildman–Crippen MR) is 73.0 cm³/mol. The van der Waals surface area contributed by atoms with Crippen molar-refractivity contribution >= 4 is 0 Å². The summed E-state index contributed by atoms with van der Waals surface area (Å²) in [5, 5.41) is 12.1. The number of benzene rings is 1. The molecule has 1 N–H and O–H groups in total. The Morgan fingerprint density at radius 1 is 1.42 bits per heavy atom. The number of hydrogen-bond acceptors (Lipinski definition) is 3. The average Bonchev–Trinajstić information content (AvgIpc) is 2.42. The zero-order valence-electron chi connectivity index (χ0n) is 11.3. The molecule has 0 unspecified atom stereocenters. The van der Waals surface area contributed by atoms with Crippen molar-refractivity contribution in [1.29, 1.82) is 5.26 Å². The van der Waals surface area contributed by atoms with Crippen LogP contribution in [0.25, 0.3) is 0 Å². The molecular formula is C15H20FN3. The van der Waals surface area contributed by atoms with Crippen LogP contribution in [0.3, 0.4) is 0 Å². The van der Waals surface area contributed by atoms with E-state index < -0.39 is 0 Å². The van der Waals surface area contributed by atoms with Crippen molar-refractivity contribution < 1.29 is 4.39 Å². The molecule has 0 aliphatic carbocycles. The SMILES string of the molecule is CN(Cc1ccc(C#N)cc1F)CC1CCNCC1. The minimum atomic E-state index is -0.281. The third-order valence-electron chi connectivity index (χ3n) is 3.65. The van der Waals surface area contributed by atoms with E-state index in [1.54, 1.807) is 12.1 Å². The summed E-state index contributed by atoms with van der Waals surface area (Å²) in [5.41, 5.74) is 1.04. The molecule has 0 aromatic heterocycles. The molecule has 1 aromatic carbocycles. The molecule has 0 amide bonds. The van der Waals surface area contributed by atoms with Gasteiger partial charge in [0, 0.05) is 18.7 Å². The van der Waals surface area contributed by atoms with Gasteiger partial charge in [0.1, 0.15) is 5.82 Å². The van der Waals surface area contributed by atoms with Gasteiger partial charge in [0.25, 0.3) is 0 Å². The summed E-state index contributed by atoms with van der Waals surface area (Å²) in [6, 6.07) is 6.66. The molecule has 1 fully saturated rings. The molecular weight excluding hydrogens is 241 g/mol. The monoisotopic (exact) mass is 261 g/mol. The van der Waals surface area contributed by atoms with Crippen LogP contribution in [0.15, 0.2) is 18.2 Å². The van der Waals surface area contributed by atoms with E-state index in [9.17, 15) is 4.39 Å². The molecule has 1 aliphatic rings. The van der Waals surface area contributed by atoms with Crippen LogP contribution in [0.5, 0.6) is 0 Å². The number of nitrogens with zero attached hydrogens (tertiary/aromatic N) is 2. The van der Waals surface area contributed by atoms with Crippen molar-refractivity contribution in [3.63, 3.8) is 0 Å². The summed E-state index contributed by atoms with van der Waals surface area (Å²) in [6.07, 6.45) is 2.39. The highest BCUT2D eigenvalue weighted by Gasteiger charge is 2.15. The standard InChI is InChI=1S/C15H20FN3/c1-19(10-12-4-6-18-7-5-12)11-14-3-2-13(9-17)8-15(14)16/h2-3,8,12,18H,4-7,10-11H2,1H3. The lowest BCUT2D eigenvalue weighted by Gasteiger charge is -2.27. The third-order valence-corrected chi connectivity index (χ3v) is 3.65. The minimum Gasteiger partial charge on any atom is -0.317 e. The molecule has 0 radical (unpaired) electrons. The van der Waals surface area contributed by atoms with Crippen molar-refractivity contribution in [2.75, 3.05) is 26.7 Å². The Labute approximate surface area is 114 Å². The van der Waals surface area contributed by atoms with Crippen molar-refractivity contribution in [1.82, 2.24) is 10.2 Å². The van der Waals surface area contributed by atoms with Gasteiger partial charge in [0.15, 0.2) is 0 Å². The summed E-state index contributed by atoms with van der Waals surface area (Å²) in [7, 11) is 2.03. The van der Waals surface area contributed by atoms with Crippen LogP contribution in [0.2, 0.25) is 0 Å². The maximum absolute atomic E-state index is 13.8. The molecule has 2 rings (SSSR count). The van der Waals surface area contributed by atoms with Crippen LogP contribution in [0.1, 0.15) is 24.0 Å². The molecule has 19 heavy (non-hydrogen) atoms. The van der Waals surface area contributed by atoms with Gasteiger partial charge >= 0.3 is 0 Å². The van der Waals surface area contributed by atoms with E-state index in [0.717, 1.165) is 19.6 Å². The summed E-state index contributed by atoms with van der Waals surface area (Å²) in [6.45, 7) is 3.77. The van der Waals surface area contributed by atoms with Gasteiger partial charge in [-0.25, -0.2) is 4.39 Å². The second-order valence-corrected chi connectivity index (χ2v) is 5.31. The van der Waals surface area contributed by atoms with E-state index in [4.69, 9.17) is 5.26 Å².